The molecule has 0 fully saturated rings. The van der Waals surface area contributed by atoms with Crippen molar-refractivity contribution in [2.75, 3.05) is 18.6 Å². The van der Waals surface area contributed by atoms with Gasteiger partial charge in [0.1, 0.15) is 0 Å². The van der Waals surface area contributed by atoms with Crippen molar-refractivity contribution in [3.63, 3.8) is 0 Å². The van der Waals surface area contributed by atoms with E-state index in [0.717, 1.165) is 35.2 Å². The normalized spacial score (nSPS) is 14.7. The average Bonchev–Trinajstić information content (AvgIpc) is 3.04. The van der Waals surface area contributed by atoms with Crippen molar-refractivity contribution in [2.24, 2.45) is 0 Å². The third-order valence-electron chi connectivity index (χ3n) is 3.27. The molecular formula is C13H16N2O2S2. The highest BCUT2D eigenvalue weighted by atomic mass is 32.1. The highest BCUT2D eigenvalue weighted by Gasteiger charge is 2.21. The van der Waals surface area contributed by atoms with Crippen LogP contribution in [-0.4, -0.2) is 23.7 Å². The smallest absolute Gasteiger partial charge is 0.186 e. The predicted octanol–water partition coefficient (Wildman–Crippen LogP) is 2.41. The maximum absolute atomic E-state index is 9.38. The second-order valence-electron chi connectivity index (χ2n) is 4.50. The third-order valence-corrected chi connectivity index (χ3v) is 5.44. The van der Waals surface area contributed by atoms with E-state index >= 15 is 0 Å². The first kappa shape index (κ1) is 13.1. The number of methoxy groups -OCH3 is 1. The number of thiophene rings is 1. The van der Waals surface area contributed by atoms with Gasteiger partial charge in [-0.1, -0.05) is 11.3 Å². The number of ether oxygens (including phenoxy) is 1. The van der Waals surface area contributed by atoms with Crippen LogP contribution in [0.4, 0.5) is 5.13 Å². The molecule has 0 saturated carbocycles. The number of hydrogen-bond acceptors (Lipinski definition) is 6. The molecule has 19 heavy (non-hydrogen) atoms. The molecule has 0 saturated heterocycles. The van der Waals surface area contributed by atoms with Crippen molar-refractivity contribution in [3.05, 3.63) is 32.5 Å². The van der Waals surface area contributed by atoms with E-state index in [1.165, 1.54) is 10.4 Å². The summed E-state index contributed by atoms with van der Waals surface area (Å²) in [7, 11) is 1.65. The number of anilines is 1. The summed E-state index contributed by atoms with van der Waals surface area (Å²) >= 11 is 3.41. The zero-order chi connectivity index (χ0) is 13.2. The van der Waals surface area contributed by atoms with Crippen LogP contribution < -0.4 is 4.90 Å². The first-order chi connectivity index (χ1) is 9.31. The van der Waals surface area contributed by atoms with Crippen molar-refractivity contribution in [1.29, 1.82) is 0 Å². The Morgan fingerprint density at radius 2 is 2.42 bits per heavy atom. The quantitative estimate of drug-likeness (QED) is 0.941. The van der Waals surface area contributed by atoms with Crippen LogP contribution in [0.1, 0.15) is 21.0 Å². The number of nitrogens with zero attached hydrogens (tertiary/aromatic N) is 2. The number of hydrogen-bond donors (Lipinski definition) is 1. The number of rotatable bonds is 4. The second kappa shape index (κ2) is 5.58. The molecule has 0 aromatic carbocycles. The largest absolute Gasteiger partial charge is 0.391 e. The molecule has 1 N–H and O–H groups in total. The minimum absolute atomic E-state index is 0.0356. The SMILES string of the molecule is COCc1nc(N2CCc3sccc3C2)sc1CO. The zero-order valence-corrected chi connectivity index (χ0v) is 12.4. The lowest BCUT2D eigenvalue weighted by Gasteiger charge is -2.26. The number of aliphatic hydroxyl groups excluding tert-OH is 1. The van der Waals surface area contributed by atoms with Crippen LogP contribution in [-0.2, 0) is 30.9 Å². The zero-order valence-electron chi connectivity index (χ0n) is 10.8. The molecule has 0 spiro atoms. The van der Waals surface area contributed by atoms with E-state index in [0.29, 0.717) is 6.61 Å². The van der Waals surface area contributed by atoms with Gasteiger partial charge in [0.25, 0.3) is 0 Å². The fourth-order valence-corrected chi connectivity index (χ4v) is 4.13. The van der Waals surface area contributed by atoms with Crippen LogP contribution in [0.25, 0.3) is 0 Å². The number of thiazole rings is 1. The van der Waals surface area contributed by atoms with E-state index < -0.39 is 0 Å². The van der Waals surface area contributed by atoms with Gasteiger partial charge in [0.2, 0.25) is 0 Å². The maximum Gasteiger partial charge on any atom is 0.186 e. The van der Waals surface area contributed by atoms with Gasteiger partial charge in [-0.3, -0.25) is 0 Å². The molecule has 2 aromatic heterocycles. The molecule has 6 heteroatoms. The first-order valence-corrected chi connectivity index (χ1v) is 7.90. The number of aromatic nitrogens is 1. The van der Waals surface area contributed by atoms with Gasteiger partial charge in [-0.05, 0) is 23.4 Å². The van der Waals surface area contributed by atoms with E-state index in [2.05, 4.69) is 21.3 Å². The summed E-state index contributed by atoms with van der Waals surface area (Å²) in [6.45, 7) is 2.42. The lowest BCUT2D eigenvalue weighted by Crippen LogP contribution is -2.29. The molecule has 1 aliphatic rings. The summed E-state index contributed by atoms with van der Waals surface area (Å²) in [5.74, 6) is 0. The van der Waals surface area contributed by atoms with Gasteiger partial charge in [0.15, 0.2) is 5.13 Å². The van der Waals surface area contributed by atoms with Gasteiger partial charge < -0.3 is 14.7 Å². The van der Waals surface area contributed by atoms with Gasteiger partial charge in [-0.15, -0.1) is 11.3 Å². The van der Waals surface area contributed by atoms with Crippen LogP contribution >= 0.6 is 22.7 Å². The van der Waals surface area contributed by atoms with Crippen LogP contribution in [0.5, 0.6) is 0 Å². The van der Waals surface area contributed by atoms with Crippen molar-refractivity contribution >= 4 is 27.8 Å². The van der Waals surface area contributed by atoms with E-state index in [9.17, 15) is 5.11 Å². The van der Waals surface area contributed by atoms with Gasteiger partial charge in [-0.2, -0.15) is 0 Å². The minimum atomic E-state index is 0.0356. The Morgan fingerprint density at radius 1 is 1.53 bits per heavy atom. The van der Waals surface area contributed by atoms with E-state index in [1.54, 1.807) is 18.4 Å². The predicted molar refractivity (Wildman–Crippen MR) is 77.8 cm³/mol. The molecule has 0 atom stereocenters. The van der Waals surface area contributed by atoms with Crippen molar-refractivity contribution in [3.8, 4) is 0 Å². The molecule has 1 aliphatic heterocycles. The van der Waals surface area contributed by atoms with Crippen molar-refractivity contribution in [1.82, 2.24) is 4.98 Å². The monoisotopic (exact) mass is 296 g/mol. The molecule has 3 heterocycles. The molecule has 2 aromatic rings. The molecule has 0 unspecified atom stereocenters. The summed E-state index contributed by atoms with van der Waals surface area (Å²) < 4.78 is 5.13. The van der Waals surface area contributed by atoms with Crippen LogP contribution in [0.2, 0.25) is 0 Å². The summed E-state index contributed by atoms with van der Waals surface area (Å²) in [4.78, 5) is 9.31. The minimum Gasteiger partial charge on any atom is -0.391 e. The van der Waals surface area contributed by atoms with E-state index in [1.807, 2.05) is 11.3 Å². The number of fused-ring (bicyclic) bond motifs is 1. The molecular weight excluding hydrogens is 280 g/mol. The molecule has 0 aliphatic carbocycles. The average molecular weight is 296 g/mol. The molecule has 4 nitrogen and oxygen atoms in total. The molecule has 0 amide bonds. The Labute approximate surface area is 120 Å². The van der Waals surface area contributed by atoms with E-state index in [4.69, 9.17) is 4.74 Å². The maximum atomic E-state index is 9.38. The standard InChI is InChI=1S/C13H16N2O2S2/c1-17-8-10-12(7-16)19-13(14-10)15-4-2-11-9(6-15)3-5-18-11/h3,5,16H,2,4,6-8H2,1H3. The fraction of sp³-hybridized carbons (Fsp3) is 0.462. The highest BCUT2D eigenvalue weighted by molar-refractivity contribution is 7.15. The lowest BCUT2D eigenvalue weighted by atomic mass is 10.1. The molecule has 0 radical (unpaired) electrons. The Hall–Kier alpha value is -0.950. The van der Waals surface area contributed by atoms with Gasteiger partial charge >= 0.3 is 0 Å². The van der Waals surface area contributed by atoms with Crippen molar-refractivity contribution < 1.29 is 9.84 Å². The Balaban J connectivity index is 1.83. The second-order valence-corrected chi connectivity index (χ2v) is 6.56. The van der Waals surface area contributed by atoms with Crippen LogP contribution in [0, 0.1) is 0 Å². The van der Waals surface area contributed by atoms with Gasteiger partial charge in [0, 0.05) is 25.1 Å². The van der Waals surface area contributed by atoms with Crippen LogP contribution in [0.15, 0.2) is 11.4 Å². The molecule has 102 valence electrons. The first-order valence-electron chi connectivity index (χ1n) is 6.20. The molecule has 3 rings (SSSR count). The Morgan fingerprint density at radius 3 is 3.21 bits per heavy atom. The van der Waals surface area contributed by atoms with E-state index in [-0.39, 0.29) is 6.61 Å². The third kappa shape index (κ3) is 2.53. The fourth-order valence-electron chi connectivity index (χ4n) is 2.29. The summed E-state index contributed by atoms with van der Waals surface area (Å²) in [5.41, 5.74) is 2.27. The highest BCUT2D eigenvalue weighted by Crippen LogP contribution is 2.32. The van der Waals surface area contributed by atoms with Crippen molar-refractivity contribution in [2.45, 2.75) is 26.2 Å². The Bertz CT molecular complexity index is 565. The summed E-state index contributed by atoms with van der Waals surface area (Å²) in [5, 5.41) is 12.5. The summed E-state index contributed by atoms with van der Waals surface area (Å²) in [6.07, 6.45) is 1.08. The van der Waals surface area contributed by atoms with Crippen LogP contribution in [0.3, 0.4) is 0 Å². The van der Waals surface area contributed by atoms with Gasteiger partial charge in [-0.25, -0.2) is 4.98 Å². The lowest BCUT2D eigenvalue weighted by molar-refractivity contribution is 0.179. The Kier molecular flexibility index (Phi) is 3.83. The summed E-state index contributed by atoms with van der Waals surface area (Å²) in [6, 6.07) is 2.20. The van der Waals surface area contributed by atoms with Gasteiger partial charge in [0.05, 0.1) is 23.8 Å². The topological polar surface area (TPSA) is 45.6 Å². The molecule has 0 bridgehead atoms. The number of aliphatic hydroxyl groups is 1.